The van der Waals surface area contributed by atoms with E-state index in [2.05, 4.69) is 20.4 Å². The Labute approximate surface area is 198 Å². The van der Waals surface area contributed by atoms with Crippen molar-refractivity contribution in [1.82, 2.24) is 15.5 Å². The van der Waals surface area contributed by atoms with Gasteiger partial charge in [-0.1, -0.05) is 11.6 Å². The Morgan fingerprint density at radius 3 is 2.70 bits per heavy atom. The fraction of sp³-hybridized carbons (Fsp3) is 0.500. The summed E-state index contributed by atoms with van der Waals surface area (Å²) in [6.07, 6.45) is 5.33. The standard InChI is InChI=1S/C24H28ClN5O3/c25-21-12-20(6-3-17(21)13-26)33-19-7-4-18(5-8-19)27-24(32)22-9-10-23(29-28-22)30-11-1-2-16(14-30)15-31/h3,6,9-10,12,16,18-19,31H,1-2,4-5,7-8,11,14-15H2,(H,27,32). The van der Waals surface area contributed by atoms with Gasteiger partial charge in [-0.05, 0) is 68.7 Å². The van der Waals surface area contributed by atoms with Gasteiger partial charge in [-0.2, -0.15) is 5.26 Å². The summed E-state index contributed by atoms with van der Waals surface area (Å²) in [4.78, 5) is 14.7. The third-order valence-corrected chi connectivity index (χ3v) is 6.67. The largest absolute Gasteiger partial charge is 0.490 e. The summed E-state index contributed by atoms with van der Waals surface area (Å²) in [7, 11) is 0. The maximum absolute atomic E-state index is 12.6. The van der Waals surface area contributed by atoms with Crippen molar-refractivity contribution in [2.75, 3.05) is 24.6 Å². The Kier molecular flexibility index (Phi) is 7.63. The zero-order valence-electron chi connectivity index (χ0n) is 18.4. The molecule has 2 heterocycles. The summed E-state index contributed by atoms with van der Waals surface area (Å²) < 4.78 is 6.01. The lowest BCUT2D eigenvalue weighted by molar-refractivity contribution is 0.0888. The zero-order chi connectivity index (χ0) is 23.2. The highest BCUT2D eigenvalue weighted by molar-refractivity contribution is 6.31. The number of carbonyl (C=O) groups is 1. The molecule has 1 aromatic heterocycles. The van der Waals surface area contributed by atoms with Gasteiger partial charge in [0.25, 0.3) is 5.91 Å². The van der Waals surface area contributed by atoms with Gasteiger partial charge in [0.2, 0.25) is 0 Å². The summed E-state index contributed by atoms with van der Waals surface area (Å²) in [5.74, 6) is 1.44. The molecule has 1 saturated carbocycles. The van der Waals surface area contributed by atoms with Crippen molar-refractivity contribution < 1.29 is 14.6 Å². The van der Waals surface area contributed by atoms with Gasteiger partial charge < -0.3 is 20.1 Å². The van der Waals surface area contributed by atoms with Gasteiger partial charge in [0.15, 0.2) is 11.5 Å². The van der Waals surface area contributed by atoms with E-state index in [1.807, 2.05) is 12.1 Å². The van der Waals surface area contributed by atoms with Crippen LogP contribution < -0.4 is 15.0 Å². The van der Waals surface area contributed by atoms with Gasteiger partial charge in [0.1, 0.15) is 11.8 Å². The lowest BCUT2D eigenvalue weighted by atomic mass is 9.93. The lowest BCUT2D eigenvalue weighted by Gasteiger charge is -2.32. The molecule has 33 heavy (non-hydrogen) atoms. The first kappa shape index (κ1) is 23.3. The average molecular weight is 470 g/mol. The van der Waals surface area contributed by atoms with E-state index in [0.29, 0.717) is 22.0 Å². The summed E-state index contributed by atoms with van der Waals surface area (Å²) in [5, 5.41) is 30.2. The first-order valence-electron chi connectivity index (χ1n) is 11.4. The highest BCUT2D eigenvalue weighted by Gasteiger charge is 2.25. The molecule has 1 unspecified atom stereocenters. The van der Waals surface area contributed by atoms with Crippen LogP contribution in [0.4, 0.5) is 5.82 Å². The van der Waals surface area contributed by atoms with Crippen LogP contribution in [-0.2, 0) is 0 Å². The number of nitrogens with zero attached hydrogens (tertiary/aromatic N) is 4. The second-order valence-electron chi connectivity index (χ2n) is 8.73. The zero-order valence-corrected chi connectivity index (χ0v) is 19.2. The summed E-state index contributed by atoms with van der Waals surface area (Å²) >= 11 is 6.08. The van der Waals surface area contributed by atoms with Crippen LogP contribution in [0.1, 0.15) is 54.6 Å². The highest BCUT2D eigenvalue weighted by atomic mass is 35.5. The number of carbonyl (C=O) groups excluding carboxylic acids is 1. The van der Waals surface area contributed by atoms with E-state index in [9.17, 15) is 9.90 Å². The molecular weight excluding hydrogens is 442 g/mol. The Bertz CT molecular complexity index is 1000. The Morgan fingerprint density at radius 2 is 2.03 bits per heavy atom. The molecule has 0 bridgehead atoms. The van der Waals surface area contributed by atoms with E-state index in [-0.39, 0.29) is 30.6 Å². The smallest absolute Gasteiger partial charge is 0.272 e. The predicted octanol–water partition coefficient (Wildman–Crippen LogP) is 3.33. The minimum absolute atomic E-state index is 0.0496. The summed E-state index contributed by atoms with van der Waals surface area (Å²) in [5.41, 5.74) is 0.733. The first-order valence-corrected chi connectivity index (χ1v) is 11.8. The lowest BCUT2D eigenvalue weighted by Crippen LogP contribution is -2.40. The Morgan fingerprint density at radius 1 is 1.21 bits per heavy atom. The molecule has 9 heteroatoms. The van der Waals surface area contributed by atoms with E-state index in [4.69, 9.17) is 21.6 Å². The number of ether oxygens (including phenoxy) is 1. The molecule has 2 N–H and O–H groups in total. The van der Waals surface area contributed by atoms with Crippen molar-refractivity contribution in [3.05, 3.63) is 46.6 Å². The third kappa shape index (κ3) is 5.92. The fourth-order valence-corrected chi connectivity index (χ4v) is 4.69. The number of nitriles is 1. The van der Waals surface area contributed by atoms with Crippen molar-refractivity contribution in [3.63, 3.8) is 0 Å². The molecule has 4 rings (SSSR count). The molecule has 1 aliphatic carbocycles. The van der Waals surface area contributed by atoms with Gasteiger partial charge in [-0.25, -0.2) is 0 Å². The van der Waals surface area contributed by atoms with E-state index >= 15 is 0 Å². The van der Waals surface area contributed by atoms with Crippen LogP contribution in [0, 0.1) is 17.2 Å². The number of halogens is 1. The third-order valence-electron chi connectivity index (χ3n) is 6.36. The SMILES string of the molecule is N#Cc1ccc(OC2CCC(NC(=O)c3ccc(N4CCCC(CO)C4)nn3)CC2)cc1Cl. The molecule has 174 valence electrons. The van der Waals surface area contributed by atoms with Crippen LogP contribution in [0.2, 0.25) is 5.02 Å². The van der Waals surface area contributed by atoms with Crippen molar-refractivity contribution in [2.45, 2.75) is 50.7 Å². The van der Waals surface area contributed by atoms with Crippen LogP contribution in [0.5, 0.6) is 5.75 Å². The number of aliphatic hydroxyl groups excluding tert-OH is 1. The Balaban J connectivity index is 1.25. The van der Waals surface area contributed by atoms with Crippen molar-refractivity contribution in [1.29, 1.82) is 5.26 Å². The minimum atomic E-state index is -0.218. The first-order chi connectivity index (χ1) is 16.1. The summed E-state index contributed by atoms with van der Waals surface area (Å²) in [6.45, 7) is 1.83. The number of aromatic nitrogens is 2. The highest BCUT2D eigenvalue weighted by Crippen LogP contribution is 2.27. The van der Waals surface area contributed by atoms with Gasteiger partial charge in [0, 0.05) is 31.8 Å². The molecule has 1 amide bonds. The van der Waals surface area contributed by atoms with Gasteiger partial charge in [-0.15, -0.1) is 10.2 Å². The second-order valence-corrected chi connectivity index (χ2v) is 9.14. The molecule has 1 aliphatic heterocycles. The molecule has 1 saturated heterocycles. The number of piperidine rings is 1. The van der Waals surface area contributed by atoms with Crippen molar-refractivity contribution in [2.24, 2.45) is 5.92 Å². The van der Waals surface area contributed by atoms with Crippen LogP contribution in [0.25, 0.3) is 0 Å². The van der Waals surface area contributed by atoms with Crippen LogP contribution in [-0.4, -0.2) is 53.1 Å². The van der Waals surface area contributed by atoms with Crippen molar-refractivity contribution >= 4 is 23.3 Å². The number of anilines is 1. The number of hydrogen-bond acceptors (Lipinski definition) is 7. The Hall–Kier alpha value is -2.89. The van der Waals surface area contributed by atoms with E-state index in [0.717, 1.165) is 57.4 Å². The molecule has 1 atom stereocenters. The quantitative estimate of drug-likeness (QED) is 0.667. The van der Waals surface area contributed by atoms with E-state index in [1.54, 1.807) is 24.3 Å². The summed E-state index contributed by atoms with van der Waals surface area (Å²) in [6, 6.07) is 10.7. The number of benzene rings is 1. The van der Waals surface area contributed by atoms with Gasteiger partial charge in [-0.3, -0.25) is 4.79 Å². The van der Waals surface area contributed by atoms with Crippen LogP contribution in [0.15, 0.2) is 30.3 Å². The molecule has 2 aromatic rings. The number of hydrogen-bond donors (Lipinski definition) is 2. The number of amides is 1. The molecule has 0 radical (unpaired) electrons. The second kappa shape index (κ2) is 10.8. The fourth-order valence-electron chi connectivity index (χ4n) is 4.47. The molecule has 2 aliphatic rings. The van der Waals surface area contributed by atoms with Crippen molar-refractivity contribution in [3.8, 4) is 11.8 Å². The van der Waals surface area contributed by atoms with E-state index < -0.39 is 0 Å². The average Bonchev–Trinajstić information content (AvgIpc) is 2.85. The normalized spacial score (nSPS) is 22.9. The minimum Gasteiger partial charge on any atom is -0.490 e. The predicted molar refractivity (Wildman–Crippen MR) is 124 cm³/mol. The van der Waals surface area contributed by atoms with Gasteiger partial charge >= 0.3 is 0 Å². The van der Waals surface area contributed by atoms with Gasteiger partial charge in [0.05, 0.1) is 16.7 Å². The van der Waals surface area contributed by atoms with Crippen LogP contribution >= 0.6 is 11.6 Å². The maximum atomic E-state index is 12.6. The monoisotopic (exact) mass is 469 g/mol. The molecular formula is C24H28ClN5O3. The number of aliphatic hydroxyl groups is 1. The molecule has 1 aromatic carbocycles. The molecule has 0 spiro atoms. The number of rotatable bonds is 6. The maximum Gasteiger partial charge on any atom is 0.272 e. The topological polar surface area (TPSA) is 111 Å². The molecule has 2 fully saturated rings. The van der Waals surface area contributed by atoms with E-state index in [1.165, 1.54) is 0 Å². The van der Waals surface area contributed by atoms with Crippen LogP contribution in [0.3, 0.4) is 0 Å². The molecule has 8 nitrogen and oxygen atoms in total. The number of nitrogens with one attached hydrogen (secondary N) is 1.